The summed E-state index contributed by atoms with van der Waals surface area (Å²) in [5, 5.41) is -0.229. The molecule has 0 aromatic rings. The van der Waals surface area contributed by atoms with E-state index in [1.807, 2.05) is 4.90 Å². The largest absolute Gasteiger partial charge is 0.341 e. The van der Waals surface area contributed by atoms with Gasteiger partial charge in [0.2, 0.25) is 5.91 Å². The Morgan fingerprint density at radius 2 is 1.75 bits per heavy atom. The summed E-state index contributed by atoms with van der Waals surface area (Å²) in [6.45, 7) is 6.06. The lowest BCUT2D eigenvalue weighted by Crippen LogP contribution is -2.37. The molecule has 0 aliphatic carbocycles. The van der Waals surface area contributed by atoms with E-state index in [1.54, 1.807) is 4.90 Å². The highest BCUT2D eigenvalue weighted by Crippen LogP contribution is 2.11. The zero-order valence-corrected chi connectivity index (χ0v) is 13.0. The molecule has 2 rings (SSSR count). The summed E-state index contributed by atoms with van der Waals surface area (Å²) in [4.78, 5) is 29.3. The van der Waals surface area contributed by atoms with Crippen LogP contribution in [0.15, 0.2) is 0 Å². The molecule has 2 aliphatic rings. The standard InChI is InChI=1S/C14H25N3O2S/c18-13-5-10-17(14(19)20)12-11-16(13)9-4-8-15-6-2-1-3-7-15/h1-12H2,(H,19,20). The normalized spacial score (nSPS) is 21.9. The Morgan fingerprint density at radius 1 is 1.00 bits per heavy atom. The molecule has 20 heavy (non-hydrogen) atoms. The average molecular weight is 299 g/mol. The highest BCUT2D eigenvalue weighted by atomic mass is 32.1. The van der Waals surface area contributed by atoms with E-state index >= 15 is 0 Å². The molecule has 0 radical (unpaired) electrons. The van der Waals surface area contributed by atoms with E-state index < -0.39 is 0 Å². The van der Waals surface area contributed by atoms with Crippen LogP contribution in [-0.2, 0) is 4.79 Å². The minimum Gasteiger partial charge on any atom is -0.341 e. The lowest BCUT2D eigenvalue weighted by atomic mass is 10.1. The van der Waals surface area contributed by atoms with E-state index in [1.165, 1.54) is 32.4 Å². The zero-order chi connectivity index (χ0) is 14.4. The van der Waals surface area contributed by atoms with Crippen molar-refractivity contribution in [1.82, 2.24) is 14.7 Å². The van der Waals surface area contributed by atoms with Crippen LogP contribution in [0.3, 0.4) is 0 Å². The van der Waals surface area contributed by atoms with Gasteiger partial charge in [-0.1, -0.05) is 19.0 Å². The van der Waals surface area contributed by atoms with Crippen molar-refractivity contribution in [2.75, 3.05) is 45.8 Å². The Balaban J connectivity index is 1.71. The first-order valence-corrected chi connectivity index (χ1v) is 8.09. The molecule has 0 atom stereocenters. The number of hydrogen-bond donors (Lipinski definition) is 1. The van der Waals surface area contributed by atoms with E-state index in [2.05, 4.69) is 17.5 Å². The van der Waals surface area contributed by atoms with Crippen molar-refractivity contribution in [2.45, 2.75) is 32.1 Å². The van der Waals surface area contributed by atoms with Crippen LogP contribution in [0.1, 0.15) is 32.1 Å². The fraction of sp³-hybridized carbons (Fsp3) is 0.857. The van der Waals surface area contributed by atoms with Gasteiger partial charge in [0.25, 0.3) is 5.24 Å². The molecule has 6 heteroatoms. The molecule has 0 unspecified atom stereocenters. The van der Waals surface area contributed by atoms with Gasteiger partial charge >= 0.3 is 0 Å². The molecule has 0 bridgehead atoms. The SMILES string of the molecule is O=C(S)N1CCC(=O)N(CCCN2CCCCC2)CC1. The molecule has 0 spiro atoms. The number of carbonyl (C=O) groups excluding carboxylic acids is 2. The van der Waals surface area contributed by atoms with Crippen LogP contribution < -0.4 is 0 Å². The topological polar surface area (TPSA) is 43.9 Å². The molecule has 2 saturated heterocycles. The smallest absolute Gasteiger partial charge is 0.278 e. The van der Waals surface area contributed by atoms with Crippen molar-refractivity contribution < 1.29 is 9.59 Å². The number of rotatable bonds is 4. The van der Waals surface area contributed by atoms with Crippen molar-refractivity contribution >= 4 is 23.8 Å². The molecule has 0 aromatic heterocycles. The van der Waals surface area contributed by atoms with Gasteiger partial charge in [-0.05, 0) is 38.9 Å². The minimum absolute atomic E-state index is 0.167. The molecule has 2 aliphatic heterocycles. The van der Waals surface area contributed by atoms with Crippen LogP contribution in [0.2, 0.25) is 0 Å². The number of likely N-dealkylation sites (tertiary alicyclic amines) is 1. The van der Waals surface area contributed by atoms with Gasteiger partial charge in [0, 0.05) is 32.6 Å². The Kier molecular flexibility index (Phi) is 6.16. The van der Waals surface area contributed by atoms with Gasteiger partial charge in [0.05, 0.1) is 0 Å². The predicted molar refractivity (Wildman–Crippen MR) is 82.1 cm³/mol. The van der Waals surface area contributed by atoms with Crippen molar-refractivity contribution in [3.05, 3.63) is 0 Å². The second-order valence-electron chi connectivity index (χ2n) is 5.66. The van der Waals surface area contributed by atoms with Crippen LogP contribution in [0.25, 0.3) is 0 Å². The maximum absolute atomic E-state index is 12.0. The maximum Gasteiger partial charge on any atom is 0.278 e. The third-order valence-electron chi connectivity index (χ3n) is 4.21. The van der Waals surface area contributed by atoms with Crippen LogP contribution in [0.4, 0.5) is 4.79 Å². The zero-order valence-electron chi connectivity index (χ0n) is 12.1. The molecule has 0 saturated carbocycles. The van der Waals surface area contributed by atoms with Crippen LogP contribution in [0, 0.1) is 0 Å². The lowest BCUT2D eigenvalue weighted by Gasteiger charge is -2.28. The van der Waals surface area contributed by atoms with Crippen molar-refractivity contribution in [3.8, 4) is 0 Å². The summed E-state index contributed by atoms with van der Waals surface area (Å²) in [5.41, 5.74) is 0. The lowest BCUT2D eigenvalue weighted by molar-refractivity contribution is -0.130. The first-order chi connectivity index (χ1) is 9.66. The fourth-order valence-corrected chi connectivity index (χ4v) is 3.16. The molecule has 0 aromatic carbocycles. The number of carbonyl (C=O) groups is 2. The van der Waals surface area contributed by atoms with Gasteiger partial charge < -0.3 is 14.7 Å². The van der Waals surface area contributed by atoms with E-state index in [0.29, 0.717) is 26.1 Å². The molecular weight excluding hydrogens is 274 g/mol. The highest BCUT2D eigenvalue weighted by molar-refractivity contribution is 7.96. The van der Waals surface area contributed by atoms with E-state index in [4.69, 9.17) is 0 Å². The molecule has 5 nitrogen and oxygen atoms in total. The molecule has 0 N–H and O–H groups in total. The van der Waals surface area contributed by atoms with Crippen LogP contribution in [0.5, 0.6) is 0 Å². The fourth-order valence-electron chi connectivity index (χ4n) is 2.96. The van der Waals surface area contributed by atoms with E-state index in [0.717, 1.165) is 19.5 Å². The number of piperidine rings is 1. The van der Waals surface area contributed by atoms with Gasteiger partial charge in [0.15, 0.2) is 0 Å². The Bertz CT molecular complexity index is 345. The summed E-state index contributed by atoms with van der Waals surface area (Å²) in [5.74, 6) is 0.167. The third kappa shape index (κ3) is 4.66. The van der Waals surface area contributed by atoms with Gasteiger partial charge in [-0.15, -0.1) is 0 Å². The third-order valence-corrected chi connectivity index (χ3v) is 4.49. The number of thiol groups is 1. The highest BCUT2D eigenvalue weighted by Gasteiger charge is 2.22. The number of nitrogens with zero attached hydrogens (tertiary/aromatic N) is 3. The minimum atomic E-state index is -0.229. The summed E-state index contributed by atoms with van der Waals surface area (Å²) < 4.78 is 0. The molecule has 2 heterocycles. The maximum atomic E-state index is 12.0. The first kappa shape index (κ1) is 15.6. The van der Waals surface area contributed by atoms with Crippen molar-refractivity contribution in [3.63, 3.8) is 0 Å². The van der Waals surface area contributed by atoms with Gasteiger partial charge in [-0.3, -0.25) is 9.59 Å². The van der Waals surface area contributed by atoms with Crippen LogP contribution in [-0.4, -0.2) is 71.7 Å². The summed E-state index contributed by atoms with van der Waals surface area (Å²) in [6.07, 6.45) is 5.43. The average Bonchev–Trinajstić information content (AvgIpc) is 2.63. The van der Waals surface area contributed by atoms with Crippen LogP contribution >= 0.6 is 12.6 Å². The molecule has 2 amide bonds. The quantitative estimate of drug-likeness (QED) is 0.799. The van der Waals surface area contributed by atoms with E-state index in [9.17, 15) is 9.59 Å². The molecule has 2 fully saturated rings. The Labute approximate surface area is 126 Å². The number of hydrogen-bond acceptors (Lipinski definition) is 3. The Morgan fingerprint density at radius 3 is 2.45 bits per heavy atom. The molecule has 114 valence electrons. The second kappa shape index (κ2) is 7.88. The van der Waals surface area contributed by atoms with Crippen molar-refractivity contribution in [1.29, 1.82) is 0 Å². The van der Waals surface area contributed by atoms with E-state index in [-0.39, 0.29) is 11.1 Å². The van der Waals surface area contributed by atoms with Gasteiger partial charge in [-0.2, -0.15) is 0 Å². The summed E-state index contributed by atoms with van der Waals surface area (Å²) in [6, 6.07) is 0. The monoisotopic (exact) mass is 299 g/mol. The first-order valence-electron chi connectivity index (χ1n) is 7.65. The van der Waals surface area contributed by atoms with Gasteiger partial charge in [0.1, 0.15) is 0 Å². The van der Waals surface area contributed by atoms with Gasteiger partial charge in [-0.25, -0.2) is 0 Å². The summed E-state index contributed by atoms with van der Waals surface area (Å²) in [7, 11) is 0. The van der Waals surface area contributed by atoms with Crippen molar-refractivity contribution in [2.24, 2.45) is 0 Å². The Hall–Kier alpha value is -0.750. The molecular formula is C14H25N3O2S. The summed E-state index contributed by atoms with van der Waals surface area (Å²) >= 11 is 3.84. The predicted octanol–water partition coefficient (Wildman–Crippen LogP) is 1.45. The number of amides is 2. The second-order valence-corrected chi connectivity index (χ2v) is 6.04.